The second kappa shape index (κ2) is 3.47. The van der Waals surface area contributed by atoms with E-state index >= 15 is 0 Å². The van der Waals surface area contributed by atoms with E-state index in [-0.39, 0.29) is 0 Å². The maximum atomic E-state index is 5.81. The molecule has 1 saturated carbocycles. The molecule has 3 fully saturated rings. The van der Waals surface area contributed by atoms with E-state index in [1.807, 2.05) is 0 Å². The van der Waals surface area contributed by atoms with Crippen LogP contribution in [0.4, 0.5) is 0 Å². The minimum Gasteiger partial charge on any atom is -0.325 e. The fraction of sp³-hybridized carbons (Fsp3) is 1.00. The minimum absolute atomic E-state index is 0.469. The molecule has 0 aromatic carbocycles. The van der Waals surface area contributed by atoms with Crippen LogP contribution in [0.1, 0.15) is 25.7 Å². The summed E-state index contributed by atoms with van der Waals surface area (Å²) in [6.45, 7) is 4.96. The van der Waals surface area contributed by atoms with Crippen LogP contribution >= 0.6 is 0 Å². The highest BCUT2D eigenvalue weighted by molar-refractivity contribution is 4.93. The second-order valence-electron chi connectivity index (χ2n) is 5.21. The van der Waals surface area contributed by atoms with Crippen molar-refractivity contribution in [2.75, 3.05) is 26.2 Å². The van der Waals surface area contributed by atoms with Crippen LogP contribution < -0.4 is 5.73 Å². The Bertz CT molecular complexity index is 201. The van der Waals surface area contributed by atoms with Crippen molar-refractivity contribution in [1.82, 2.24) is 9.80 Å². The molecule has 0 unspecified atom stereocenters. The Morgan fingerprint density at radius 2 is 1.36 bits per heavy atom. The fourth-order valence-electron chi connectivity index (χ4n) is 2.90. The molecule has 0 aromatic rings. The molecule has 0 radical (unpaired) electrons. The molecule has 2 aliphatic heterocycles. The zero-order chi connectivity index (χ0) is 9.54. The maximum absolute atomic E-state index is 5.81. The third kappa shape index (κ3) is 1.69. The van der Waals surface area contributed by atoms with Gasteiger partial charge in [0.1, 0.15) is 0 Å². The molecule has 3 heteroatoms. The Morgan fingerprint density at radius 1 is 0.786 bits per heavy atom. The lowest BCUT2D eigenvalue weighted by molar-refractivity contribution is 0.0468. The number of piperidine rings is 1. The lowest BCUT2D eigenvalue weighted by atomic mass is 9.98. The second-order valence-corrected chi connectivity index (χ2v) is 5.21. The van der Waals surface area contributed by atoms with E-state index in [1.165, 1.54) is 38.8 Å². The van der Waals surface area contributed by atoms with Gasteiger partial charge >= 0.3 is 0 Å². The van der Waals surface area contributed by atoms with Crippen LogP contribution in [0.5, 0.6) is 0 Å². The van der Waals surface area contributed by atoms with Crippen LogP contribution in [-0.2, 0) is 0 Å². The Balaban J connectivity index is 1.45. The molecule has 80 valence electrons. The molecule has 3 aliphatic rings. The van der Waals surface area contributed by atoms with Crippen molar-refractivity contribution in [3.05, 3.63) is 0 Å². The standard InChI is InChI=1S/C11H21N3/c12-9-7-14(8-9)11-3-5-13(6-4-11)10-1-2-10/h9-11H,1-8,12H2. The van der Waals surface area contributed by atoms with Gasteiger partial charge < -0.3 is 10.6 Å². The molecule has 1 aliphatic carbocycles. The third-order valence-corrected chi connectivity index (χ3v) is 4.02. The summed E-state index contributed by atoms with van der Waals surface area (Å²) in [7, 11) is 0. The highest BCUT2D eigenvalue weighted by Gasteiger charge is 2.36. The first-order chi connectivity index (χ1) is 6.83. The van der Waals surface area contributed by atoms with Gasteiger partial charge in [0.25, 0.3) is 0 Å². The number of hydrogen-bond acceptors (Lipinski definition) is 3. The van der Waals surface area contributed by atoms with E-state index in [0.717, 1.165) is 25.2 Å². The summed E-state index contributed by atoms with van der Waals surface area (Å²) < 4.78 is 0. The summed E-state index contributed by atoms with van der Waals surface area (Å²) >= 11 is 0. The van der Waals surface area contributed by atoms with E-state index in [4.69, 9.17) is 5.73 Å². The summed E-state index contributed by atoms with van der Waals surface area (Å²) in [6.07, 6.45) is 5.67. The quantitative estimate of drug-likeness (QED) is 0.686. The van der Waals surface area contributed by atoms with Crippen LogP contribution in [0, 0.1) is 0 Å². The predicted molar refractivity (Wildman–Crippen MR) is 57.2 cm³/mol. The Hall–Kier alpha value is -0.120. The van der Waals surface area contributed by atoms with Gasteiger partial charge in [-0.15, -0.1) is 0 Å². The Morgan fingerprint density at radius 3 is 1.86 bits per heavy atom. The van der Waals surface area contributed by atoms with Crippen molar-refractivity contribution in [2.24, 2.45) is 5.73 Å². The van der Waals surface area contributed by atoms with Crippen molar-refractivity contribution < 1.29 is 0 Å². The first kappa shape index (κ1) is 9.13. The van der Waals surface area contributed by atoms with Gasteiger partial charge in [-0.1, -0.05) is 0 Å². The topological polar surface area (TPSA) is 32.5 Å². The molecule has 0 bridgehead atoms. The normalized spacial score (nSPS) is 33.2. The van der Waals surface area contributed by atoms with Gasteiger partial charge in [-0.3, -0.25) is 4.90 Å². The summed E-state index contributed by atoms with van der Waals surface area (Å²) in [4.78, 5) is 5.27. The average molecular weight is 195 g/mol. The molecule has 2 N–H and O–H groups in total. The predicted octanol–water partition coefficient (Wildman–Crippen LogP) is 0.256. The van der Waals surface area contributed by atoms with E-state index in [1.54, 1.807) is 0 Å². The Labute approximate surface area is 86.2 Å². The van der Waals surface area contributed by atoms with Gasteiger partial charge in [-0.25, -0.2) is 0 Å². The number of hydrogen-bond donors (Lipinski definition) is 1. The maximum Gasteiger partial charge on any atom is 0.0297 e. The van der Waals surface area contributed by atoms with Crippen LogP contribution in [0.25, 0.3) is 0 Å². The van der Waals surface area contributed by atoms with Gasteiger partial charge in [0.05, 0.1) is 0 Å². The summed E-state index contributed by atoms with van der Waals surface area (Å²) in [5.41, 5.74) is 5.81. The first-order valence-electron chi connectivity index (χ1n) is 6.06. The molecule has 2 heterocycles. The van der Waals surface area contributed by atoms with Gasteiger partial charge in [0, 0.05) is 31.2 Å². The first-order valence-corrected chi connectivity index (χ1v) is 6.06. The molecule has 14 heavy (non-hydrogen) atoms. The lowest BCUT2D eigenvalue weighted by Crippen LogP contribution is -2.61. The fourth-order valence-corrected chi connectivity index (χ4v) is 2.90. The minimum atomic E-state index is 0.469. The van der Waals surface area contributed by atoms with Crippen LogP contribution in [0.15, 0.2) is 0 Å². The number of rotatable bonds is 2. The van der Waals surface area contributed by atoms with Crippen molar-refractivity contribution in [3.8, 4) is 0 Å². The summed E-state index contributed by atoms with van der Waals surface area (Å²) in [5, 5.41) is 0. The molecular weight excluding hydrogens is 174 g/mol. The average Bonchev–Trinajstić information content (AvgIpc) is 2.97. The lowest BCUT2D eigenvalue weighted by Gasteiger charge is -2.46. The zero-order valence-electron chi connectivity index (χ0n) is 8.86. The van der Waals surface area contributed by atoms with Gasteiger partial charge in [-0.2, -0.15) is 0 Å². The molecular formula is C11H21N3. The summed E-state index contributed by atoms with van der Waals surface area (Å²) in [6, 6.07) is 2.29. The molecule has 3 nitrogen and oxygen atoms in total. The molecule has 0 spiro atoms. The van der Waals surface area contributed by atoms with Crippen molar-refractivity contribution in [3.63, 3.8) is 0 Å². The van der Waals surface area contributed by atoms with Crippen molar-refractivity contribution in [2.45, 2.75) is 43.8 Å². The Kier molecular flexibility index (Phi) is 2.26. The highest BCUT2D eigenvalue weighted by atomic mass is 15.3. The van der Waals surface area contributed by atoms with E-state index in [9.17, 15) is 0 Å². The number of nitrogens with zero attached hydrogens (tertiary/aromatic N) is 2. The molecule has 2 saturated heterocycles. The van der Waals surface area contributed by atoms with E-state index in [2.05, 4.69) is 9.80 Å². The molecule has 0 aromatic heterocycles. The number of likely N-dealkylation sites (tertiary alicyclic amines) is 2. The van der Waals surface area contributed by atoms with E-state index in [0.29, 0.717) is 6.04 Å². The van der Waals surface area contributed by atoms with Gasteiger partial charge in [0.2, 0.25) is 0 Å². The van der Waals surface area contributed by atoms with Crippen molar-refractivity contribution >= 4 is 0 Å². The van der Waals surface area contributed by atoms with Gasteiger partial charge in [0.15, 0.2) is 0 Å². The molecule has 3 rings (SSSR count). The highest BCUT2D eigenvalue weighted by Crippen LogP contribution is 2.31. The van der Waals surface area contributed by atoms with Crippen LogP contribution in [-0.4, -0.2) is 54.1 Å². The number of nitrogens with two attached hydrogens (primary N) is 1. The van der Waals surface area contributed by atoms with Crippen molar-refractivity contribution in [1.29, 1.82) is 0 Å². The largest absolute Gasteiger partial charge is 0.325 e. The van der Waals surface area contributed by atoms with Gasteiger partial charge in [-0.05, 0) is 38.8 Å². The van der Waals surface area contributed by atoms with Crippen LogP contribution in [0.2, 0.25) is 0 Å². The monoisotopic (exact) mass is 195 g/mol. The molecule has 0 atom stereocenters. The summed E-state index contributed by atoms with van der Waals surface area (Å²) in [5.74, 6) is 0. The van der Waals surface area contributed by atoms with Crippen LogP contribution in [0.3, 0.4) is 0 Å². The molecule has 0 amide bonds. The smallest absolute Gasteiger partial charge is 0.0297 e. The zero-order valence-corrected chi connectivity index (χ0v) is 8.86. The third-order valence-electron chi connectivity index (χ3n) is 4.02. The SMILES string of the molecule is NC1CN(C2CCN(C3CC3)CC2)C1. The van der Waals surface area contributed by atoms with E-state index < -0.39 is 0 Å².